The highest BCUT2D eigenvalue weighted by Crippen LogP contribution is 2.34. The number of aliphatic hydroxyl groups is 1. The normalized spacial score (nSPS) is 20.8. The molecule has 0 saturated heterocycles. The van der Waals surface area contributed by atoms with E-state index in [0.29, 0.717) is 0 Å². The Morgan fingerprint density at radius 2 is 2.09 bits per heavy atom. The summed E-state index contributed by atoms with van der Waals surface area (Å²) in [5.41, 5.74) is 0. The zero-order valence-electron chi connectivity index (χ0n) is 6.21. The topological polar surface area (TPSA) is 54.4 Å². The Balaban J connectivity index is 4.85. The van der Waals surface area contributed by atoms with Gasteiger partial charge in [0.2, 0.25) is 3.12 Å². The Kier molecular flexibility index (Phi) is 3.82. The lowest BCUT2D eigenvalue weighted by molar-refractivity contribution is 0.202. The number of hydrogen-bond donors (Lipinski definition) is 1. The van der Waals surface area contributed by atoms with Crippen molar-refractivity contribution >= 4 is 37.4 Å². The lowest BCUT2D eigenvalue weighted by Crippen LogP contribution is -2.37. The van der Waals surface area contributed by atoms with Crippen molar-refractivity contribution in [3.63, 3.8) is 0 Å². The summed E-state index contributed by atoms with van der Waals surface area (Å²) in [7, 11) is -3.46. The number of alkyl halides is 2. The third-order valence-corrected chi connectivity index (χ3v) is 6.38. The molecule has 6 heteroatoms. The molecule has 0 heterocycles. The minimum atomic E-state index is -3.46. The van der Waals surface area contributed by atoms with E-state index in [1.807, 2.05) is 0 Å². The molecule has 0 spiro atoms. The van der Waals surface area contributed by atoms with Gasteiger partial charge < -0.3 is 5.11 Å². The maximum atomic E-state index is 11.1. The lowest BCUT2D eigenvalue weighted by atomic mass is 10.5. The molecule has 0 rings (SSSR count). The van der Waals surface area contributed by atoms with E-state index in [2.05, 4.69) is 15.9 Å². The van der Waals surface area contributed by atoms with Crippen LogP contribution in [-0.2, 0) is 9.84 Å². The van der Waals surface area contributed by atoms with E-state index in [1.54, 1.807) is 0 Å². The van der Waals surface area contributed by atoms with Crippen LogP contribution in [0.15, 0.2) is 0 Å². The van der Waals surface area contributed by atoms with Gasteiger partial charge in [0.1, 0.15) is 0 Å². The summed E-state index contributed by atoms with van der Waals surface area (Å²) in [6.45, 7) is 2.78. The molecule has 0 aliphatic heterocycles. The molecule has 0 radical (unpaired) electrons. The van der Waals surface area contributed by atoms with E-state index in [9.17, 15) is 8.42 Å². The second-order valence-electron chi connectivity index (χ2n) is 2.14. The summed E-state index contributed by atoms with van der Waals surface area (Å²) >= 11 is 8.30. The van der Waals surface area contributed by atoms with Crippen molar-refractivity contribution in [1.29, 1.82) is 0 Å². The van der Waals surface area contributed by atoms with Crippen molar-refractivity contribution in [2.75, 3.05) is 5.75 Å². The highest BCUT2D eigenvalue weighted by molar-refractivity contribution is 9.12. The summed E-state index contributed by atoms with van der Waals surface area (Å²) in [4.78, 5) is 0. The Morgan fingerprint density at radius 3 is 2.18 bits per heavy atom. The van der Waals surface area contributed by atoms with Crippen LogP contribution in [0.5, 0.6) is 0 Å². The van der Waals surface area contributed by atoms with E-state index in [4.69, 9.17) is 16.7 Å². The predicted octanol–water partition coefficient (Wildman–Crippen LogP) is 1.09. The quantitative estimate of drug-likeness (QED) is 0.777. The molecule has 0 aromatic carbocycles. The molecule has 0 saturated carbocycles. The van der Waals surface area contributed by atoms with Crippen LogP contribution in [0, 0.1) is 0 Å². The highest BCUT2D eigenvalue weighted by atomic mass is 79.9. The van der Waals surface area contributed by atoms with Crippen LogP contribution in [0.1, 0.15) is 13.8 Å². The molecule has 2 atom stereocenters. The van der Waals surface area contributed by atoms with Gasteiger partial charge in [0.15, 0.2) is 9.84 Å². The summed E-state index contributed by atoms with van der Waals surface area (Å²) in [5, 5.41) is 8.99. The fourth-order valence-corrected chi connectivity index (χ4v) is 2.37. The van der Waals surface area contributed by atoms with Crippen LogP contribution >= 0.6 is 27.5 Å². The molecule has 0 amide bonds. The Bertz CT molecular complexity index is 222. The summed E-state index contributed by atoms with van der Waals surface area (Å²) in [5.74, 6) is -0.105. The SMILES string of the molecule is CCS(=O)(=O)[C@](Cl)(Br)[C@@H](C)O. The number of sulfone groups is 1. The molecular formula is C5H10BrClO3S. The highest BCUT2D eigenvalue weighted by Gasteiger charge is 2.42. The van der Waals surface area contributed by atoms with E-state index in [-0.39, 0.29) is 5.75 Å². The van der Waals surface area contributed by atoms with Crippen molar-refractivity contribution in [3.05, 3.63) is 0 Å². The van der Waals surface area contributed by atoms with Gasteiger partial charge in [0.05, 0.1) is 11.9 Å². The van der Waals surface area contributed by atoms with Crippen LogP contribution in [0.25, 0.3) is 0 Å². The van der Waals surface area contributed by atoms with Gasteiger partial charge in [-0.3, -0.25) is 0 Å². The largest absolute Gasteiger partial charge is 0.390 e. The molecule has 11 heavy (non-hydrogen) atoms. The summed E-state index contributed by atoms with van der Waals surface area (Å²) in [6.07, 6.45) is -1.14. The van der Waals surface area contributed by atoms with Gasteiger partial charge in [0.25, 0.3) is 0 Å². The molecule has 1 N–H and O–H groups in total. The van der Waals surface area contributed by atoms with Crippen LogP contribution in [0.3, 0.4) is 0 Å². The number of halogens is 2. The average Bonchev–Trinajstić information content (AvgIpc) is 1.87. The smallest absolute Gasteiger partial charge is 0.224 e. The zero-order valence-corrected chi connectivity index (χ0v) is 9.37. The minimum absolute atomic E-state index is 0.105. The Morgan fingerprint density at radius 1 is 1.73 bits per heavy atom. The molecule has 0 aliphatic carbocycles. The number of aliphatic hydroxyl groups excluding tert-OH is 1. The zero-order chi connectivity index (χ0) is 9.28. The van der Waals surface area contributed by atoms with E-state index < -0.39 is 19.1 Å². The molecule has 0 aromatic heterocycles. The van der Waals surface area contributed by atoms with Crippen molar-refractivity contribution in [1.82, 2.24) is 0 Å². The lowest BCUT2D eigenvalue weighted by Gasteiger charge is -2.22. The summed E-state index contributed by atoms with van der Waals surface area (Å²) < 4.78 is 20.5. The maximum Gasteiger partial charge on any atom is 0.224 e. The fourth-order valence-electron chi connectivity index (χ4n) is 0.452. The molecular weight excluding hydrogens is 255 g/mol. The second-order valence-corrected chi connectivity index (χ2v) is 7.64. The van der Waals surface area contributed by atoms with Crippen LogP contribution in [0.2, 0.25) is 0 Å². The molecule has 3 nitrogen and oxygen atoms in total. The first-order chi connectivity index (χ1) is 4.75. The first-order valence-corrected chi connectivity index (χ1v) is 5.86. The van der Waals surface area contributed by atoms with Crippen molar-refractivity contribution < 1.29 is 13.5 Å². The molecule has 68 valence electrons. The van der Waals surface area contributed by atoms with Crippen LogP contribution in [-0.4, -0.2) is 28.5 Å². The molecule has 0 bridgehead atoms. The van der Waals surface area contributed by atoms with Crippen molar-refractivity contribution in [2.24, 2.45) is 0 Å². The van der Waals surface area contributed by atoms with E-state index in [1.165, 1.54) is 13.8 Å². The first kappa shape index (κ1) is 11.7. The van der Waals surface area contributed by atoms with Gasteiger partial charge in [-0.2, -0.15) is 0 Å². The van der Waals surface area contributed by atoms with Gasteiger partial charge >= 0.3 is 0 Å². The third-order valence-electron chi connectivity index (χ3n) is 1.28. The van der Waals surface area contributed by atoms with E-state index >= 15 is 0 Å². The van der Waals surface area contributed by atoms with Crippen molar-refractivity contribution in [2.45, 2.75) is 23.1 Å². The van der Waals surface area contributed by atoms with Gasteiger partial charge in [-0.05, 0) is 22.9 Å². The van der Waals surface area contributed by atoms with Crippen molar-refractivity contribution in [3.8, 4) is 0 Å². The maximum absolute atomic E-state index is 11.1. The Labute approximate surface area is 79.8 Å². The van der Waals surface area contributed by atoms with Crippen LogP contribution in [0.4, 0.5) is 0 Å². The third kappa shape index (κ3) is 2.31. The number of hydrogen-bond acceptors (Lipinski definition) is 3. The molecule has 0 unspecified atom stereocenters. The first-order valence-electron chi connectivity index (χ1n) is 3.04. The Hall–Kier alpha value is 0.680. The molecule has 0 fully saturated rings. The summed E-state index contributed by atoms with van der Waals surface area (Å²) in [6, 6.07) is 0. The standard InChI is InChI=1S/C5H10BrClO3S/c1-3-11(9,10)5(6,7)4(2)8/h4,8H,3H2,1-2H3/t4-,5+/m1/s1. The van der Waals surface area contributed by atoms with Gasteiger partial charge in [-0.25, -0.2) is 8.42 Å². The monoisotopic (exact) mass is 264 g/mol. The minimum Gasteiger partial charge on any atom is -0.390 e. The molecule has 0 aromatic rings. The van der Waals surface area contributed by atoms with Gasteiger partial charge in [-0.15, -0.1) is 0 Å². The second kappa shape index (κ2) is 3.60. The van der Waals surface area contributed by atoms with Gasteiger partial charge in [0, 0.05) is 0 Å². The molecule has 0 aliphatic rings. The van der Waals surface area contributed by atoms with E-state index in [0.717, 1.165) is 0 Å². The average molecular weight is 266 g/mol. The fraction of sp³-hybridized carbons (Fsp3) is 1.00. The van der Waals surface area contributed by atoms with Gasteiger partial charge in [-0.1, -0.05) is 18.5 Å². The number of rotatable bonds is 3. The predicted molar refractivity (Wildman–Crippen MR) is 48.7 cm³/mol. The van der Waals surface area contributed by atoms with Crippen LogP contribution < -0.4 is 0 Å².